The lowest BCUT2D eigenvalue weighted by Gasteiger charge is -2.51. The summed E-state index contributed by atoms with van der Waals surface area (Å²) in [7, 11) is 0. The average molecular weight is 333 g/mol. The number of carbonyl (C=O) groups excluding carboxylic acids is 1. The molecule has 3 rings (SSSR count). The number of fused-ring (bicyclic) bond motifs is 2. The quantitative estimate of drug-likeness (QED) is 0.855. The summed E-state index contributed by atoms with van der Waals surface area (Å²) in [6.07, 6.45) is 3.55. The van der Waals surface area contributed by atoms with Crippen molar-refractivity contribution in [1.29, 1.82) is 0 Å². The maximum Gasteiger partial charge on any atom is 0.410 e. The fourth-order valence-corrected chi connectivity index (χ4v) is 3.90. The van der Waals surface area contributed by atoms with Crippen molar-refractivity contribution in [1.82, 2.24) is 15.1 Å². The van der Waals surface area contributed by atoms with Gasteiger partial charge in [-0.15, -0.1) is 0 Å². The molecule has 2 atom stereocenters. The number of hydrogen-bond acceptors (Lipinski definition) is 5. The Kier molecular flexibility index (Phi) is 4.28. The van der Waals surface area contributed by atoms with Crippen molar-refractivity contribution in [2.45, 2.75) is 83.1 Å². The van der Waals surface area contributed by atoms with Crippen molar-refractivity contribution >= 4 is 6.09 Å². The third-order valence-electron chi connectivity index (χ3n) is 4.89. The zero-order chi connectivity index (χ0) is 17.5. The molecule has 3 heterocycles. The Balaban J connectivity index is 1.82. The Morgan fingerprint density at radius 1 is 1.25 bits per heavy atom. The molecule has 0 saturated carbocycles. The minimum absolute atomic E-state index is 0.0135. The first kappa shape index (κ1) is 17.1. The highest BCUT2D eigenvalue weighted by atomic mass is 16.6. The summed E-state index contributed by atoms with van der Waals surface area (Å²) < 4.78 is 5.58. The lowest BCUT2D eigenvalue weighted by Crippen LogP contribution is -2.59. The van der Waals surface area contributed by atoms with Gasteiger partial charge in [0.25, 0.3) is 0 Å². The van der Waals surface area contributed by atoms with E-state index < -0.39 is 11.2 Å². The summed E-state index contributed by atoms with van der Waals surface area (Å²) in [5.41, 5.74) is -0.0983. The smallest absolute Gasteiger partial charge is 0.410 e. The summed E-state index contributed by atoms with van der Waals surface area (Å²) in [5.74, 6) is 0. The molecule has 0 aliphatic carbocycles. The lowest BCUT2D eigenvalue weighted by atomic mass is 9.74. The van der Waals surface area contributed by atoms with Crippen LogP contribution in [0.25, 0.3) is 0 Å². The molecule has 2 bridgehead atoms. The summed E-state index contributed by atoms with van der Waals surface area (Å²) in [4.78, 5) is 14.5. The molecule has 0 aromatic carbocycles. The lowest BCUT2D eigenvalue weighted by molar-refractivity contribution is -0.0988. The van der Waals surface area contributed by atoms with Crippen LogP contribution in [0.15, 0.2) is 12.1 Å². The topological polar surface area (TPSA) is 75.5 Å². The van der Waals surface area contributed by atoms with E-state index in [0.717, 1.165) is 25.0 Å². The third-order valence-corrected chi connectivity index (χ3v) is 4.89. The largest absolute Gasteiger partial charge is 0.444 e. The van der Waals surface area contributed by atoms with Crippen molar-refractivity contribution in [3.8, 4) is 0 Å². The van der Waals surface area contributed by atoms with Gasteiger partial charge in [-0.2, -0.15) is 10.2 Å². The van der Waals surface area contributed by atoms with Crippen LogP contribution < -0.4 is 0 Å². The van der Waals surface area contributed by atoms with Gasteiger partial charge in [0.2, 0.25) is 0 Å². The van der Waals surface area contributed by atoms with Crippen LogP contribution in [0.1, 0.15) is 64.3 Å². The van der Waals surface area contributed by atoms with Crippen molar-refractivity contribution in [2.24, 2.45) is 0 Å². The first-order chi connectivity index (χ1) is 11.2. The molecular weight excluding hydrogens is 306 g/mol. The molecule has 132 valence electrons. The van der Waals surface area contributed by atoms with Crippen LogP contribution in [0.5, 0.6) is 0 Å². The summed E-state index contributed by atoms with van der Waals surface area (Å²) in [6.45, 7) is 7.51. The van der Waals surface area contributed by atoms with Gasteiger partial charge in [0.1, 0.15) is 11.2 Å². The fourth-order valence-electron chi connectivity index (χ4n) is 3.90. The summed E-state index contributed by atoms with van der Waals surface area (Å²) >= 11 is 0. The highest BCUT2D eigenvalue weighted by molar-refractivity contribution is 5.69. The molecule has 1 amide bonds. The molecule has 2 aliphatic heterocycles. The Morgan fingerprint density at radius 3 is 2.38 bits per heavy atom. The number of ether oxygens (including phenoxy) is 1. The predicted octanol–water partition coefficient (Wildman–Crippen LogP) is 2.92. The van der Waals surface area contributed by atoms with E-state index in [1.807, 2.05) is 44.7 Å². The maximum atomic E-state index is 12.6. The van der Waals surface area contributed by atoms with Gasteiger partial charge in [-0.3, -0.25) is 0 Å². The molecule has 1 aromatic rings. The molecule has 24 heavy (non-hydrogen) atoms. The van der Waals surface area contributed by atoms with E-state index in [1.54, 1.807) is 0 Å². The summed E-state index contributed by atoms with van der Waals surface area (Å²) in [5, 5.41) is 19.5. The number of aromatic nitrogens is 2. The molecule has 2 aliphatic rings. The van der Waals surface area contributed by atoms with Crippen LogP contribution in [-0.2, 0) is 10.3 Å². The normalized spacial score (nSPS) is 30.1. The van der Waals surface area contributed by atoms with Crippen molar-refractivity contribution in [3.05, 3.63) is 23.5 Å². The molecule has 0 spiro atoms. The minimum atomic E-state index is -1.02. The SMILES string of the molecule is Cc1ccc(C2(O)CC3CCCC(C2)N3C(=O)OC(C)(C)C)nn1. The molecule has 2 unspecified atom stereocenters. The number of rotatable bonds is 1. The second-order valence-corrected chi connectivity index (χ2v) is 8.13. The zero-order valence-corrected chi connectivity index (χ0v) is 15.0. The fraction of sp³-hybridized carbons (Fsp3) is 0.722. The number of amides is 1. The number of hydrogen-bond donors (Lipinski definition) is 1. The predicted molar refractivity (Wildman–Crippen MR) is 89.4 cm³/mol. The van der Waals surface area contributed by atoms with Crippen LogP contribution in [0, 0.1) is 6.92 Å². The van der Waals surface area contributed by atoms with E-state index in [2.05, 4.69) is 10.2 Å². The van der Waals surface area contributed by atoms with Crippen molar-refractivity contribution in [3.63, 3.8) is 0 Å². The molecular formula is C18H27N3O3. The Labute approximate surface area is 143 Å². The molecule has 1 aromatic heterocycles. The molecule has 2 saturated heterocycles. The van der Waals surface area contributed by atoms with E-state index >= 15 is 0 Å². The van der Waals surface area contributed by atoms with Gasteiger partial charge in [-0.25, -0.2) is 4.79 Å². The number of aryl methyl sites for hydroxylation is 1. The van der Waals surface area contributed by atoms with Gasteiger partial charge < -0.3 is 14.7 Å². The Morgan fingerprint density at radius 2 is 1.88 bits per heavy atom. The van der Waals surface area contributed by atoms with Gasteiger partial charge in [0.15, 0.2) is 0 Å². The van der Waals surface area contributed by atoms with Crippen LogP contribution in [0.4, 0.5) is 4.79 Å². The Bertz CT molecular complexity index is 595. The van der Waals surface area contributed by atoms with Gasteiger partial charge in [0.05, 0.1) is 11.4 Å². The standard InChI is InChI=1S/C18H27N3O3/c1-12-8-9-15(20-19-12)18(23)10-13-6-5-7-14(11-18)21(13)16(22)24-17(2,3)4/h8-9,13-14,23H,5-7,10-11H2,1-4H3. The molecule has 6 nitrogen and oxygen atoms in total. The van der Waals surface area contributed by atoms with Crippen LogP contribution in [0.3, 0.4) is 0 Å². The number of aliphatic hydroxyl groups is 1. The van der Waals surface area contributed by atoms with Gasteiger partial charge >= 0.3 is 6.09 Å². The highest BCUT2D eigenvalue weighted by Gasteiger charge is 2.49. The number of carbonyl (C=O) groups is 1. The van der Waals surface area contributed by atoms with Crippen molar-refractivity contribution < 1.29 is 14.6 Å². The third kappa shape index (κ3) is 3.38. The van der Waals surface area contributed by atoms with Crippen LogP contribution in [-0.4, -0.2) is 44.0 Å². The highest BCUT2D eigenvalue weighted by Crippen LogP contribution is 2.44. The number of piperidine rings is 2. The van der Waals surface area contributed by atoms with E-state index in [9.17, 15) is 9.90 Å². The van der Waals surface area contributed by atoms with Gasteiger partial charge in [0, 0.05) is 24.9 Å². The van der Waals surface area contributed by atoms with Crippen LogP contribution in [0.2, 0.25) is 0 Å². The second-order valence-electron chi connectivity index (χ2n) is 8.13. The zero-order valence-electron chi connectivity index (χ0n) is 15.0. The van der Waals surface area contributed by atoms with E-state index in [-0.39, 0.29) is 18.2 Å². The minimum Gasteiger partial charge on any atom is -0.444 e. The summed E-state index contributed by atoms with van der Waals surface area (Å²) in [6, 6.07) is 3.69. The second kappa shape index (κ2) is 5.99. The molecule has 2 fully saturated rings. The molecule has 0 radical (unpaired) electrons. The average Bonchev–Trinajstić information content (AvgIpc) is 2.44. The molecule has 1 N–H and O–H groups in total. The monoisotopic (exact) mass is 333 g/mol. The first-order valence-electron chi connectivity index (χ1n) is 8.72. The number of nitrogens with zero attached hydrogens (tertiary/aromatic N) is 3. The first-order valence-corrected chi connectivity index (χ1v) is 8.72. The molecule has 6 heteroatoms. The van der Waals surface area contributed by atoms with Gasteiger partial charge in [-0.05, 0) is 59.1 Å². The van der Waals surface area contributed by atoms with Crippen molar-refractivity contribution in [2.75, 3.05) is 0 Å². The van der Waals surface area contributed by atoms with E-state index in [0.29, 0.717) is 18.5 Å². The van der Waals surface area contributed by atoms with E-state index in [1.165, 1.54) is 0 Å². The van der Waals surface area contributed by atoms with E-state index in [4.69, 9.17) is 4.74 Å². The van der Waals surface area contributed by atoms with Crippen LogP contribution >= 0.6 is 0 Å². The van der Waals surface area contributed by atoms with Gasteiger partial charge in [-0.1, -0.05) is 0 Å². The Hall–Kier alpha value is -1.69. The maximum absolute atomic E-state index is 12.6.